The fraction of sp³-hybridized carbons (Fsp3) is 0.800. The summed E-state index contributed by atoms with van der Waals surface area (Å²) in [5.74, 6) is -3.00. The van der Waals surface area contributed by atoms with E-state index in [0.29, 0.717) is 0 Å². The molecule has 0 bridgehead atoms. The monoisotopic (exact) mass is 597 g/mol. The summed E-state index contributed by atoms with van der Waals surface area (Å²) < 4.78 is 0. The number of carbonyl (C=O) groups excluding carboxylic acids is 4. The van der Waals surface area contributed by atoms with Crippen LogP contribution in [0.15, 0.2) is 0 Å². The van der Waals surface area contributed by atoms with E-state index in [1.54, 1.807) is 0 Å². The maximum atomic E-state index is 9.70. The molecule has 0 rings (SSSR count). The summed E-state index contributed by atoms with van der Waals surface area (Å²) >= 11 is 0. The Morgan fingerprint density at radius 3 is 0.552 bits per heavy atom. The molecule has 1 radical (unpaired) electrons. The van der Waals surface area contributed by atoms with Gasteiger partial charge in [0.25, 0.3) is 0 Å². The third-order valence-electron chi connectivity index (χ3n) is 2.30. The topological polar surface area (TPSA) is 161 Å². The van der Waals surface area contributed by atoms with Gasteiger partial charge in [0.2, 0.25) is 0 Å². The molecule has 0 spiro atoms. The van der Waals surface area contributed by atoms with Crippen molar-refractivity contribution in [1.29, 1.82) is 0 Å². The van der Waals surface area contributed by atoms with Crippen molar-refractivity contribution in [2.75, 3.05) is 0 Å². The Morgan fingerprint density at radius 2 is 0.552 bits per heavy atom. The van der Waals surface area contributed by atoms with Crippen LogP contribution >= 0.6 is 0 Å². The van der Waals surface area contributed by atoms with E-state index in [9.17, 15) is 39.6 Å². The molecule has 0 aliphatic carbocycles. The van der Waals surface area contributed by atoms with E-state index < -0.39 is 23.9 Å². The molecule has 29 heavy (non-hydrogen) atoms. The molecule has 9 heteroatoms. The van der Waals surface area contributed by atoms with Crippen LogP contribution in [0.25, 0.3) is 0 Å². The van der Waals surface area contributed by atoms with Crippen LogP contribution in [-0.2, 0) is 39.3 Å². The Hall–Kier alpha value is -1.47. The van der Waals surface area contributed by atoms with Gasteiger partial charge >= 0.3 is 0 Å². The Labute approximate surface area is 188 Å². The molecule has 0 aliphatic rings. The van der Waals surface area contributed by atoms with Gasteiger partial charge < -0.3 is 39.6 Å². The first-order valence-corrected chi connectivity index (χ1v) is 9.30. The Morgan fingerprint density at radius 1 is 0.448 bits per heavy atom. The van der Waals surface area contributed by atoms with Crippen molar-refractivity contribution in [3.63, 3.8) is 0 Å². The van der Waals surface area contributed by atoms with Gasteiger partial charge in [-0.2, -0.15) is 0 Å². The van der Waals surface area contributed by atoms with Gasteiger partial charge in [0.05, 0.1) is 0 Å². The number of aliphatic carboxylic acids is 4. The number of carboxylic acid groups (broad SMARTS) is 4. The van der Waals surface area contributed by atoms with E-state index in [1.165, 1.54) is 0 Å². The summed E-state index contributed by atoms with van der Waals surface area (Å²) in [4.78, 5) is 38.8. The second kappa shape index (κ2) is 24.6. The van der Waals surface area contributed by atoms with Crippen LogP contribution in [0.2, 0.25) is 0 Å². The molecule has 0 aromatic heterocycles. The predicted octanol–water partition coefficient (Wildman–Crippen LogP) is -0.873. The summed E-state index contributed by atoms with van der Waals surface area (Å²) in [7, 11) is 0. The summed E-state index contributed by atoms with van der Waals surface area (Å²) in [6.07, 6.45) is 0.667. The second-order valence-corrected chi connectivity index (χ2v) is 7.88. The first kappa shape index (κ1) is 38.2. The fourth-order valence-electron chi connectivity index (χ4n) is 1.33. The molecule has 0 saturated heterocycles. The number of hydrogen-bond donors (Lipinski definition) is 0. The van der Waals surface area contributed by atoms with Crippen molar-refractivity contribution in [1.82, 2.24) is 0 Å². The molecule has 0 heterocycles. The molecular formula is C20H36IrO8-4. The maximum absolute atomic E-state index is 9.70. The largest absolute Gasteiger partial charge is 0.550 e. The van der Waals surface area contributed by atoms with E-state index in [2.05, 4.69) is 0 Å². The minimum atomic E-state index is -0.963. The number of carboxylic acids is 4. The quantitative estimate of drug-likeness (QED) is 0.349. The second-order valence-electron chi connectivity index (χ2n) is 7.88. The van der Waals surface area contributed by atoms with Crippen molar-refractivity contribution in [2.45, 2.75) is 81.1 Å². The summed E-state index contributed by atoms with van der Waals surface area (Å²) in [6, 6.07) is 0. The first-order chi connectivity index (χ1) is 12.5. The first-order valence-electron chi connectivity index (χ1n) is 9.30. The zero-order valence-electron chi connectivity index (χ0n) is 18.7. The summed E-state index contributed by atoms with van der Waals surface area (Å²) in [5.41, 5.74) is 0. The average molecular weight is 597 g/mol. The number of hydrogen-bond acceptors (Lipinski definition) is 8. The van der Waals surface area contributed by atoms with Gasteiger partial charge in [-0.1, -0.05) is 55.4 Å². The van der Waals surface area contributed by atoms with Crippen LogP contribution in [0.1, 0.15) is 81.1 Å². The van der Waals surface area contributed by atoms with Gasteiger partial charge in [-0.3, -0.25) is 0 Å². The molecule has 8 nitrogen and oxygen atoms in total. The van der Waals surface area contributed by atoms with Crippen LogP contribution in [0.4, 0.5) is 0 Å². The number of carbonyl (C=O) groups is 4. The van der Waals surface area contributed by atoms with Crippen molar-refractivity contribution in [2.24, 2.45) is 23.7 Å². The zero-order valence-corrected chi connectivity index (χ0v) is 21.1. The molecule has 0 fully saturated rings. The van der Waals surface area contributed by atoms with Crippen LogP contribution in [0.3, 0.4) is 0 Å². The molecule has 0 amide bonds. The van der Waals surface area contributed by atoms with Gasteiger partial charge in [-0.15, -0.1) is 0 Å². The maximum Gasteiger partial charge on any atom is 0.0416 e. The molecule has 0 unspecified atom stereocenters. The van der Waals surface area contributed by atoms with Gasteiger partial charge in [-0.25, -0.2) is 0 Å². The molecule has 0 atom stereocenters. The smallest absolute Gasteiger partial charge is 0.0416 e. The molecule has 0 aromatic carbocycles. The standard InChI is InChI=1S/4C5H10O2.Ir/c4*1-4(2)3-5(6)7;/h4*4H,3H2,1-2H3,(H,6,7);/p-4. The minimum Gasteiger partial charge on any atom is -0.550 e. The SMILES string of the molecule is CC(C)CC(=O)[O-].CC(C)CC(=O)[O-].CC(C)CC(=O)[O-].CC(C)CC(=O)[O-].[Ir]. The van der Waals surface area contributed by atoms with E-state index >= 15 is 0 Å². The molecular weight excluding hydrogens is 560 g/mol. The molecule has 177 valence electrons. The Bertz CT molecular complexity index is 352. The van der Waals surface area contributed by atoms with Crippen molar-refractivity contribution in [3.8, 4) is 0 Å². The Balaban J connectivity index is -0.0000000873. The van der Waals surface area contributed by atoms with Crippen molar-refractivity contribution >= 4 is 23.9 Å². The minimum absolute atomic E-state index is 0. The zero-order chi connectivity index (χ0) is 23.4. The van der Waals surface area contributed by atoms with E-state index in [4.69, 9.17) is 0 Å². The van der Waals surface area contributed by atoms with Gasteiger partial charge in [0.15, 0.2) is 0 Å². The third-order valence-corrected chi connectivity index (χ3v) is 2.30. The average Bonchev–Trinajstić information content (AvgIpc) is 2.32. The molecule has 0 saturated carbocycles. The van der Waals surface area contributed by atoms with Gasteiger partial charge in [0, 0.05) is 44.0 Å². The van der Waals surface area contributed by atoms with Gasteiger partial charge in [0.1, 0.15) is 0 Å². The normalized spacial score (nSPS) is 9.24. The molecule has 0 aliphatic heterocycles. The van der Waals surface area contributed by atoms with Crippen molar-refractivity contribution in [3.05, 3.63) is 0 Å². The molecule has 0 N–H and O–H groups in total. The van der Waals surface area contributed by atoms with Crippen LogP contribution in [-0.4, -0.2) is 23.9 Å². The van der Waals surface area contributed by atoms with Crippen LogP contribution in [0, 0.1) is 23.7 Å². The number of rotatable bonds is 8. The predicted molar refractivity (Wildman–Crippen MR) is 97.8 cm³/mol. The summed E-state index contributed by atoms with van der Waals surface area (Å²) in [6.45, 7) is 14.7. The van der Waals surface area contributed by atoms with Gasteiger partial charge in [-0.05, 0) is 49.4 Å². The molecule has 0 aromatic rings. The summed E-state index contributed by atoms with van der Waals surface area (Å²) in [5, 5.41) is 38.8. The third kappa shape index (κ3) is 75.6. The fourth-order valence-corrected chi connectivity index (χ4v) is 1.33. The van der Waals surface area contributed by atoms with Crippen molar-refractivity contribution < 1.29 is 59.7 Å². The van der Waals surface area contributed by atoms with Crippen LogP contribution < -0.4 is 20.4 Å². The van der Waals surface area contributed by atoms with E-state index in [1.807, 2.05) is 55.4 Å². The van der Waals surface area contributed by atoms with Crippen LogP contribution in [0.5, 0.6) is 0 Å². The van der Waals surface area contributed by atoms with E-state index in [0.717, 1.165) is 0 Å². The van der Waals surface area contributed by atoms with E-state index in [-0.39, 0.29) is 69.5 Å². The Kier molecular flexibility index (Phi) is 32.3.